The molecule has 1 saturated heterocycles. The molecule has 1 aliphatic heterocycles. The van der Waals surface area contributed by atoms with Gasteiger partial charge in [0, 0.05) is 54.9 Å². The Morgan fingerprint density at radius 2 is 1.36 bits per heavy atom. The van der Waals surface area contributed by atoms with E-state index >= 15 is 0 Å². The lowest BCUT2D eigenvalue weighted by atomic mass is 9.91. The molecule has 0 aliphatic carbocycles. The monoisotopic (exact) mass is 472 g/mol. The van der Waals surface area contributed by atoms with Gasteiger partial charge in [0.2, 0.25) is 0 Å². The molecule has 1 N–H and O–H groups in total. The minimum Gasteiger partial charge on any atom is -0.310 e. The Hall–Kier alpha value is -3.60. The van der Waals surface area contributed by atoms with E-state index in [-0.39, 0.29) is 0 Å². The highest BCUT2D eigenvalue weighted by Gasteiger charge is 2.29. The highest BCUT2D eigenvalue weighted by Crippen LogP contribution is 2.26. The van der Waals surface area contributed by atoms with Crippen molar-refractivity contribution in [1.82, 2.24) is 20.2 Å². The third-order valence-electron chi connectivity index (χ3n) is 7.59. The topological polar surface area (TPSA) is 41.1 Å². The number of hydrogen-bond donors (Lipinski definition) is 1. The van der Waals surface area contributed by atoms with E-state index in [1.807, 2.05) is 12.4 Å². The first-order valence-electron chi connectivity index (χ1n) is 13.0. The Morgan fingerprint density at radius 3 is 2.11 bits per heavy atom. The number of nitrogens with one attached hydrogen (secondary N) is 1. The van der Waals surface area contributed by atoms with Crippen molar-refractivity contribution in [2.24, 2.45) is 0 Å². The summed E-state index contributed by atoms with van der Waals surface area (Å²) >= 11 is 0. The van der Waals surface area contributed by atoms with E-state index in [2.05, 4.69) is 111 Å². The van der Waals surface area contributed by atoms with Crippen molar-refractivity contribution in [2.75, 3.05) is 6.54 Å². The first-order chi connectivity index (χ1) is 17.8. The molecule has 36 heavy (non-hydrogen) atoms. The molecular formula is C32H32N4. The third kappa shape index (κ3) is 5.01. The standard InChI is InChI=1S/C32H32N4/c1-2-8-24(9-3-1)20-28-21-27(35-22-25-14-17-33-31-12-6-4-10-29(25)31)16-19-36(28)23-26-15-18-34-32-13-7-5-11-30(26)32/h1-15,17-18,27-28,35H,16,19-23H2. The number of aromatic nitrogens is 2. The quantitative estimate of drug-likeness (QED) is 0.309. The number of fused-ring (bicyclic) bond motifs is 2. The lowest BCUT2D eigenvalue weighted by molar-refractivity contribution is 0.116. The second kappa shape index (κ2) is 10.6. The number of benzene rings is 3. The molecule has 0 spiro atoms. The van der Waals surface area contributed by atoms with Gasteiger partial charge in [0.05, 0.1) is 11.0 Å². The Kier molecular flexibility index (Phi) is 6.70. The normalized spacial score (nSPS) is 18.6. The van der Waals surface area contributed by atoms with Gasteiger partial charge in [-0.15, -0.1) is 0 Å². The van der Waals surface area contributed by atoms with Gasteiger partial charge in [-0.25, -0.2) is 0 Å². The summed E-state index contributed by atoms with van der Waals surface area (Å²) in [6.45, 7) is 2.92. The van der Waals surface area contributed by atoms with Gasteiger partial charge in [-0.3, -0.25) is 14.9 Å². The largest absolute Gasteiger partial charge is 0.310 e. The molecule has 180 valence electrons. The SMILES string of the molecule is c1ccc(CC2CC(NCc3ccnc4ccccc34)CCN2Cc2ccnc3ccccc23)cc1. The molecule has 0 amide bonds. The second-order valence-corrected chi connectivity index (χ2v) is 9.89. The smallest absolute Gasteiger partial charge is 0.0705 e. The van der Waals surface area contributed by atoms with Crippen LogP contribution in [0, 0.1) is 0 Å². The highest BCUT2D eigenvalue weighted by atomic mass is 15.2. The average molecular weight is 473 g/mol. The first kappa shape index (κ1) is 22.8. The Labute approximate surface area is 213 Å². The predicted octanol–water partition coefficient (Wildman–Crippen LogP) is 6.15. The van der Waals surface area contributed by atoms with E-state index in [9.17, 15) is 0 Å². The van der Waals surface area contributed by atoms with E-state index in [0.29, 0.717) is 12.1 Å². The zero-order valence-electron chi connectivity index (χ0n) is 20.6. The van der Waals surface area contributed by atoms with E-state index < -0.39 is 0 Å². The van der Waals surface area contributed by atoms with E-state index in [1.54, 1.807) is 0 Å². The van der Waals surface area contributed by atoms with Crippen LogP contribution in [0.3, 0.4) is 0 Å². The van der Waals surface area contributed by atoms with Crippen LogP contribution < -0.4 is 5.32 Å². The Bertz CT molecular complexity index is 1440. The van der Waals surface area contributed by atoms with Gasteiger partial charge >= 0.3 is 0 Å². The number of para-hydroxylation sites is 2. The maximum Gasteiger partial charge on any atom is 0.0705 e. The molecule has 2 atom stereocenters. The van der Waals surface area contributed by atoms with Crippen LogP contribution in [-0.2, 0) is 19.5 Å². The minimum absolute atomic E-state index is 0.486. The molecule has 1 aliphatic rings. The molecule has 0 bridgehead atoms. The second-order valence-electron chi connectivity index (χ2n) is 9.89. The lowest BCUT2D eigenvalue weighted by Crippen LogP contribution is -2.49. The summed E-state index contributed by atoms with van der Waals surface area (Å²) in [6, 6.07) is 33.2. The summed E-state index contributed by atoms with van der Waals surface area (Å²) in [4.78, 5) is 11.8. The van der Waals surface area contributed by atoms with Crippen LogP contribution in [0.15, 0.2) is 103 Å². The summed E-state index contributed by atoms with van der Waals surface area (Å²) in [7, 11) is 0. The maximum atomic E-state index is 4.58. The number of rotatable bonds is 7. The zero-order chi connectivity index (χ0) is 24.2. The van der Waals surface area contributed by atoms with Gasteiger partial charge in [-0.1, -0.05) is 66.7 Å². The maximum absolute atomic E-state index is 4.58. The molecule has 4 heteroatoms. The molecule has 2 unspecified atom stereocenters. The summed E-state index contributed by atoms with van der Waals surface area (Å²) in [5.41, 5.74) is 6.25. The lowest BCUT2D eigenvalue weighted by Gasteiger charge is -2.40. The summed E-state index contributed by atoms with van der Waals surface area (Å²) in [5.74, 6) is 0. The molecule has 0 radical (unpaired) electrons. The predicted molar refractivity (Wildman–Crippen MR) is 148 cm³/mol. The van der Waals surface area contributed by atoms with Crippen LogP contribution >= 0.6 is 0 Å². The van der Waals surface area contributed by atoms with E-state index in [1.165, 1.54) is 27.5 Å². The fourth-order valence-electron chi connectivity index (χ4n) is 5.67. The van der Waals surface area contributed by atoms with Gasteiger partial charge in [0.15, 0.2) is 0 Å². The minimum atomic E-state index is 0.486. The van der Waals surface area contributed by atoms with Crippen molar-refractivity contribution in [3.63, 3.8) is 0 Å². The number of piperidine rings is 1. The number of likely N-dealkylation sites (tertiary alicyclic amines) is 1. The molecule has 5 aromatic rings. The van der Waals surface area contributed by atoms with Gasteiger partial charge in [0.25, 0.3) is 0 Å². The molecule has 3 heterocycles. The summed E-state index contributed by atoms with van der Waals surface area (Å²) < 4.78 is 0. The van der Waals surface area contributed by atoms with Gasteiger partial charge in [0.1, 0.15) is 0 Å². The molecule has 1 fully saturated rings. The number of pyridine rings is 2. The third-order valence-corrected chi connectivity index (χ3v) is 7.59. The molecule has 2 aromatic heterocycles. The van der Waals surface area contributed by atoms with Crippen LogP contribution in [0.4, 0.5) is 0 Å². The highest BCUT2D eigenvalue weighted by molar-refractivity contribution is 5.82. The van der Waals surface area contributed by atoms with Crippen LogP contribution in [0.5, 0.6) is 0 Å². The van der Waals surface area contributed by atoms with Gasteiger partial charge in [-0.2, -0.15) is 0 Å². The van der Waals surface area contributed by atoms with Crippen molar-refractivity contribution >= 4 is 21.8 Å². The first-order valence-corrected chi connectivity index (χ1v) is 13.0. The van der Waals surface area contributed by atoms with Crippen molar-refractivity contribution in [1.29, 1.82) is 0 Å². The summed E-state index contributed by atoms with van der Waals surface area (Å²) in [5, 5.41) is 6.41. The van der Waals surface area contributed by atoms with Crippen molar-refractivity contribution in [3.8, 4) is 0 Å². The molecule has 0 saturated carbocycles. The Balaban J connectivity index is 1.20. The van der Waals surface area contributed by atoms with E-state index in [0.717, 1.165) is 49.9 Å². The van der Waals surface area contributed by atoms with Crippen LogP contribution in [-0.4, -0.2) is 33.5 Å². The van der Waals surface area contributed by atoms with Crippen LogP contribution in [0.25, 0.3) is 21.8 Å². The van der Waals surface area contributed by atoms with Crippen molar-refractivity contribution in [2.45, 2.75) is 44.4 Å². The average Bonchev–Trinajstić information content (AvgIpc) is 2.94. The van der Waals surface area contributed by atoms with Gasteiger partial charge < -0.3 is 5.32 Å². The van der Waals surface area contributed by atoms with Gasteiger partial charge in [-0.05, 0) is 60.2 Å². The summed E-state index contributed by atoms with van der Waals surface area (Å²) in [6.07, 6.45) is 7.24. The number of nitrogens with zero attached hydrogens (tertiary/aromatic N) is 3. The Morgan fingerprint density at radius 1 is 0.722 bits per heavy atom. The molecule has 6 rings (SSSR count). The zero-order valence-corrected chi connectivity index (χ0v) is 20.6. The van der Waals surface area contributed by atoms with E-state index in [4.69, 9.17) is 0 Å². The fourth-order valence-corrected chi connectivity index (χ4v) is 5.67. The fraction of sp³-hybridized carbons (Fsp3) is 0.250. The van der Waals surface area contributed by atoms with Crippen LogP contribution in [0.2, 0.25) is 0 Å². The molecule has 3 aromatic carbocycles. The van der Waals surface area contributed by atoms with Crippen molar-refractivity contribution in [3.05, 3.63) is 120 Å². The van der Waals surface area contributed by atoms with Crippen LogP contribution in [0.1, 0.15) is 29.5 Å². The number of hydrogen-bond acceptors (Lipinski definition) is 4. The molecular weight excluding hydrogens is 440 g/mol. The van der Waals surface area contributed by atoms with Crippen molar-refractivity contribution < 1.29 is 0 Å². The molecule has 4 nitrogen and oxygen atoms in total.